The predicted octanol–water partition coefficient (Wildman–Crippen LogP) is 11.4. The summed E-state index contributed by atoms with van der Waals surface area (Å²) < 4.78 is 9.32. The van der Waals surface area contributed by atoms with Crippen molar-refractivity contribution in [3.05, 3.63) is 173 Å². The molecule has 3 heterocycles. The Kier molecular flexibility index (Phi) is 6.23. The number of aromatic nitrogens is 2. The summed E-state index contributed by atoms with van der Waals surface area (Å²) in [7, 11) is 0. The van der Waals surface area contributed by atoms with Crippen LogP contribution in [0.5, 0.6) is 0 Å². The average Bonchev–Trinajstić information content (AvgIpc) is 3.63. The molecule has 250 valence electrons. The molecule has 4 heteroatoms. The second kappa shape index (κ2) is 11.2. The quantitative estimate of drug-likeness (QED) is 0.184. The van der Waals surface area contributed by atoms with Gasteiger partial charge >= 0.3 is 0 Å². The number of furan rings is 1. The van der Waals surface area contributed by atoms with Crippen molar-refractivity contribution in [3.8, 4) is 22.4 Å². The molecule has 0 spiro atoms. The molecule has 0 N–H and O–H groups in total. The summed E-state index contributed by atoms with van der Waals surface area (Å²) in [6.45, 7) is 0. The maximum absolute atomic E-state index is 6.93. The van der Waals surface area contributed by atoms with Crippen molar-refractivity contribution in [1.29, 1.82) is 0 Å². The highest BCUT2D eigenvalue weighted by molar-refractivity contribution is 7.26. The van der Waals surface area contributed by atoms with Gasteiger partial charge in [-0.1, -0.05) is 127 Å². The third-order valence-corrected chi connectivity index (χ3v) is 12.9. The fourth-order valence-electron chi connectivity index (χ4n) is 9.06. The monoisotopic (exact) mass is 696 g/mol. The zero-order valence-corrected chi connectivity index (χ0v) is 29.6. The second-order valence-corrected chi connectivity index (χ2v) is 15.8. The van der Waals surface area contributed by atoms with Gasteiger partial charge in [0, 0.05) is 44.0 Å². The van der Waals surface area contributed by atoms with Gasteiger partial charge in [0.1, 0.15) is 17.2 Å². The molecule has 0 radical (unpaired) electrons. The molecule has 12 rings (SSSR count). The van der Waals surface area contributed by atoms with Gasteiger partial charge in [0.25, 0.3) is 0 Å². The Balaban J connectivity index is 1.06. The van der Waals surface area contributed by atoms with Gasteiger partial charge in [0.15, 0.2) is 0 Å². The largest absolute Gasteiger partial charge is 0.456 e. The topological polar surface area (TPSA) is 38.9 Å². The molecular formula is C49H32N2OS. The average molecular weight is 697 g/mol. The minimum Gasteiger partial charge on any atom is -0.456 e. The molecule has 2 unspecified atom stereocenters. The van der Waals surface area contributed by atoms with E-state index in [9.17, 15) is 0 Å². The number of benzene rings is 6. The SMILES string of the molecule is C1=C(c2ccc3ccccc3c2)c2oc3cc4c(cc3c2[C@H]2C1C2c1nc(-c2ccc(-c3ccccc3)cc2)c2sc3ccccc3c2n1)=CCCC=4. The number of hydrogen-bond acceptors (Lipinski definition) is 4. The summed E-state index contributed by atoms with van der Waals surface area (Å²) >= 11 is 1.80. The smallest absolute Gasteiger partial charge is 0.139 e. The summed E-state index contributed by atoms with van der Waals surface area (Å²) in [5, 5.41) is 7.49. The normalized spacial score (nSPS) is 18.6. The van der Waals surface area contributed by atoms with Gasteiger partial charge in [-0.2, -0.15) is 0 Å². The molecule has 3 aromatic heterocycles. The van der Waals surface area contributed by atoms with E-state index in [1.165, 1.54) is 64.5 Å². The van der Waals surface area contributed by atoms with E-state index in [-0.39, 0.29) is 17.8 Å². The number of fused-ring (bicyclic) bond motifs is 10. The Morgan fingerprint density at radius 3 is 2.17 bits per heavy atom. The summed E-state index contributed by atoms with van der Waals surface area (Å²) in [6.07, 6.45) is 9.35. The lowest BCUT2D eigenvalue weighted by Gasteiger charge is -2.13. The van der Waals surface area contributed by atoms with Gasteiger partial charge in [0.05, 0.1) is 15.9 Å². The van der Waals surface area contributed by atoms with Crippen molar-refractivity contribution in [3.63, 3.8) is 0 Å². The first-order chi connectivity index (χ1) is 26.2. The van der Waals surface area contributed by atoms with Crippen LogP contribution in [0.4, 0.5) is 0 Å². The van der Waals surface area contributed by atoms with Crippen LogP contribution in [0.3, 0.4) is 0 Å². The Bertz CT molecular complexity index is 3130. The van der Waals surface area contributed by atoms with Crippen LogP contribution in [-0.2, 0) is 0 Å². The lowest BCUT2D eigenvalue weighted by Crippen LogP contribution is -2.25. The van der Waals surface area contributed by atoms with Crippen molar-refractivity contribution in [2.45, 2.75) is 24.7 Å². The molecule has 1 saturated carbocycles. The van der Waals surface area contributed by atoms with Crippen molar-refractivity contribution in [1.82, 2.24) is 9.97 Å². The first-order valence-corrected chi connectivity index (χ1v) is 19.4. The Morgan fingerprint density at radius 2 is 1.30 bits per heavy atom. The van der Waals surface area contributed by atoms with Crippen molar-refractivity contribution in [2.75, 3.05) is 0 Å². The van der Waals surface area contributed by atoms with E-state index in [1.807, 2.05) is 0 Å². The van der Waals surface area contributed by atoms with E-state index in [1.54, 1.807) is 11.3 Å². The molecule has 3 aliphatic rings. The highest BCUT2D eigenvalue weighted by Crippen LogP contribution is 2.67. The van der Waals surface area contributed by atoms with Gasteiger partial charge in [-0.25, -0.2) is 9.97 Å². The molecular weight excluding hydrogens is 665 g/mol. The van der Waals surface area contributed by atoms with Gasteiger partial charge in [-0.15, -0.1) is 11.3 Å². The molecule has 3 aliphatic carbocycles. The first-order valence-electron chi connectivity index (χ1n) is 18.6. The van der Waals surface area contributed by atoms with E-state index in [4.69, 9.17) is 14.4 Å². The van der Waals surface area contributed by atoms with E-state index in [0.29, 0.717) is 0 Å². The molecule has 9 aromatic rings. The van der Waals surface area contributed by atoms with Crippen LogP contribution in [0.15, 0.2) is 144 Å². The first kappa shape index (κ1) is 29.5. The minimum atomic E-state index is 0.143. The summed E-state index contributed by atoms with van der Waals surface area (Å²) in [4.78, 5) is 11.0. The molecule has 6 aromatic carbocycles. The number of hydrogen-bond donors (Lipinski definition) is 0. The molecule has 3 nitrogen and oxygen atoms in total. The molecule has 0 bridgehead atoms. The Morgan fingerprint density at radius 1 is 0.585 bits per heavy atom. The van der Waals surface area contributed by atoms with Gasteiger partial charge < -0.3 is 4.42 Å². The zero-order valence-electron chi connectivity index (χ0n) is 28.8. The minimum absolute atomic E-state index is 0.143. The van der Waals surface area contributed by atoms with Gasteiger partial charge in [0.2, 0.25) is 0 Å². The van der Waals surface area contributed by atoms with Gasteiger partial charge in [-0.05, 0) is 80.9 Å². The lowest BCUT2D eigenvalue weighted by molar-refractivity contribution is 0.591. The summed E-state index contributed by atoms with van der Waals surface area (Å²) in [6, 6.07) is 48.2. The maximum Gasteiger partial charge on any atom is 0.139 e. The van der Waals surface area contributed by atoms with Gasteiger partial charge in [-0.3, -0.25) is 0 Å². The molecule has 0 aliphatic heterocycles. The highest BCUT2D eigenvalue weighted by atomic mass is 32.1. The Hall–Kier alpha value is -6.10. The molecule has 0 amide bonds. The molecule has 1 fully saturated rings. The standard InChI is InChI=1S/C49H32N2OS/c1-2-10-28(11-3-1)30-18-21-31(22-19-30)45-48-46(36-16-8-9-17-41(36)53-48)51-49(50-45)44-39-27-37(35-23-20-29-12-4-5-13-32(29)24-35)47-43(42(39)44)38-25-33-14-6-7-15-34(33)26-40(38)52-47/h1-5,8-27,39,42,44H,6-7H2/t39?,42-,44?/m1/s1. The maximum atomic E-state index is 6.93. The molecule has 53 heavy (non-hydrogen) atoms. The highest BCUT2D eigenvalue weighted by Gasteiger charge is 2.57. The third kappa shape index (κ3) is 4.52. The zero-order chi connectivity index (χ0) is 34.6. The van der Waals surface area contributed by atoms with Crippen LogP contribution in [0, 0.1) is 5.92 Å². The van der Waals surface area contributed by atoms with Crippen LogP contribution >= 0.6 is 11.3 Å². The van der Waals surface area contributed by atoms with E-state index in [2.05, 4.69) is 152 Å². The predicted molar refractivity (Wildman–Crippen MR) is 219 cm³/mol. The van der Waals surface area contributed by atoms with E-state index in [0.717, 1.165) is 51.5 Å². The van der Waals surface area contributed by atoms with Crippen molar-refractivity contribution < 1.29 is 4.42 Å². The van der Waals surface area contributed by atoms with Crippen LogP contribution in [-0.4, -0.2) is 9.97 Å². The fourth-order valence-corrected chi connectivity index (χ4v) is 10.2. The third-order valence-electron chi connectivity index (χ3n) is 11.7. The van der Waals surface area contributed by atoms with E-state index >= 15 is 0 Å². The molecule has 3 atom stereocenters. The molecule has 0 saturated heterocycles. The fraction of sp³-hybridized carbons (Fsp3) is 0.102. The number of thiophene rings is 1. The van der Waals surface area contributed by atoms with Crippen LogP contribution in [0.2, 0.25) is 0 Å². The number of allylic oxidation sites excluding steroid dienone is 1. The Labute approximate surface area is 309 Å². The summed E-state index contributed by atoms with van der Waals surface area (Å²) in [5.74, 6) is 2.58. The lowest BCUT2D eigenvalue weighted by atomic mass is 9.90. The number of rotatable bonds is 4. The summed E-state index contributed by atoms with van der Waals surface area (Å²) in [5.41, 5.74) is 10.3. The van der Waals surface area contributed by atoms with Crippen molar-refractivity contribution in [2.24, 2.45) is 5.92 Å². The van der Waals surface area contributed by atoms with Crippen LogP contribution < -0.4 is 10.4 Å². The number of nitrogens with zero attached hydrogens (tertiary/aromatic N) is 2. The van der Waals surface area contributed by atoms with E-state index < -0.39 is 0 Å². The van der Waals surface area contributed by atoms with Crippen LogP contribution in [0.25, 0.3) is 82.2 Å². The van der Waals surface area contributed by atoms with Crippen molar-refractivity contribution >= 4 is 71.1 Å². The second-order valence-electron chi connectivity index (χ2n) is 14.7. The van der Waals surface area contributed by atoms with Crippen LogP contribution in [0.1, 0.15) is 47.4 Å².